The van der Waals surface area contributed by atoms with E-state index >= 15 is 0 Å². The molecule has 0 spiro atoms. The maximum Gasteiger partial charge on any atom is 0.138 e. The molecule has 0 bridgehead atoms. The summed E-state index contributed by atoms with van der Waals surface area (Å²) in [6.45, 7) is 15.3. The SMILES string of the molecule is CC(C)(C)OC[C@@H]1CCCN1CCCC(=O)C(C)(C)C. The zero-order chi connectivity index (χ0) is 15.4. The van der Waals surface area contributed by atoms with Crippen LogP contribution >= 0.6 is 0 Å². The van der Waals surface area contributed by atoms with Crippen LogP contribution in [0.25, 0.3) is 0 Å². The van der Waals surface area contributed by atoms with Crippen molar-refractivity contribution < 1.29 is 9.53 Å². The molecule has 3 heteroatoms. The number of hydrogen-bond donors (Lipinski definition) is 0. The Morgan fingerprint density at radius 2 is 1.85 bits per heavy atom. The van der Waals surface area contributed by atoms with Crippen molar-refractivity contribution in [2.75, 3.05) is 19.7 Å². The van der Waals surface area contributed by atoms with E-state index in [1.807, 2.05) is 20.8 Å². The van der Waals surface area contributed by atoms with Gasteiger partial charge in [0.05, 0.1) is 12.2 Å². The average molecular weight is 283 g/mol. The predicted molar refractivity (Wildman–Crippen MR) is 84.0 cm³/mol. The molecule has 0 unspecified atom stereocenters. The summed E-state index contributed by atoms with van der Waals surface area (Å²) in [5.74, 6) is 0.374. The van der Waals surface area contributed by atoms with Gasteiger partial charge in [-0.2, -0.15) is 0 Å². The lowest BCUT2D eigenvalue weighted by Gasteiger charge is -2.28. The molecule has 1 saturated heterocycles. The van der Waals surface area contributed by atoms with Gasteiger partial charge < -0.3 is 4.74 Å². The molecule has 1 fully saturated rings. The number of hydrogen-bond acceptors (Lipinski definition) is 3. The minimum Gasteiger partial charge on any atom is -0.374 e. The molecule has 0 N–H and O–H groups in total. The molecule has 1 heterocycles. The van der Waals surface area contributed by atoms with Gasteiger partial charge in [0.1, 0.15) is 5.78 Å². The molecule has 0 aromatic rings. The van der Waals surface area contributed by atoms with Crippen molar-refractivity contribution in [2.24, 2.45) is 5.41 Å². The maximum absolute atomic E-state index is 11.9. The molecule has 0 radical (unpaired) electrons. The van der Waals surface area contributed by atoms with Gasteiger partial charge in [-0.05, 0) is 53.1 Å². The number of nitrogens with zero attached hydrogens (tertiary/aromatic N) is 1. The van der Waals surface area contributed by atoms with E-state index in [0.717, 1.165) is 26.1 Å². The maximum atomic E-state index is 11.9. The average Bonchev–Trinajstić information content (AvgIpc) is 2.71. The van der Waals surface area contributed by atoms with Crippen LogP contribution in [0.5, 0.6) is 0 Å². The number of likely N-dealkylation sites (tertiary alicyclic amines) is 1. The zero-order valence-electron chi connectivity index (χ0n) is 14.3. The topological polar surface area (TPSA) is 29.5 Å². The fraction of sp³-hybridized carbons (Fsp3) is 0.941. The summed E-state index contributed by atoms with van der Waals surface area (Å²) in [5, 5.41) is 0. The number of carbonyl (C=O) groups is 1. The Morgan fingerprint density at radius 1 is 1.20 bits per heavy atom. The molecule has 1 atom stereocenters. The van der Waals surface area contributed by atoms with Crippen molar-refractivity contribution in [3.63, 3.8) is 0 Å². The van der Waals surface area contributed by atoms with E-state index in [0.29, 0.717) is 18.2 Å². The number of Topliss-reactive ketones (excluding diaryl/α,β-unsaturated/α-hetero) is 1. The highest BCUT2D eigenvalue weighted by molar-refractivity contribution is 5.83. The molecule has 20 heavy (non-hydrogen) atoms. The Labute approximate surface area is 125 Å². The van der Waals surface area contributed by atoms with E-state index in [1.54, 1.807) is 0 Å². The van der Waals surface area contributed by atoms with Gasteiger partial charge in [-0.15, -0.1) is 0 Å². The molecular formula is C17H33NO2. The number of rotatable bonds is 6. The standard InChI is InChI=1S/C17H33NO2/c1-16(2,3)15(19)10-8-12-18-11-7-9-14(18)13-20-17(4,5)6/h14H,7-13H2,1-6H3/t14-/m0/s1. The number of ether oxygens (including phenoxy) is 1. The van der Waals surface area contributed by atoms with Crippen LogP contribution in [0.2, 0.25) is 0 Å². The first-order chi connectivity index (χ1) is 9.09. The summed E-state index contributed by atoms with van der Waals surface area (Å²) >= 11 is 0. The molecule has 0 aromatic carbocycles. The van der Waals surface area contributed by atoms with Crippen LogP contribution in [-0.2, 0) is 9.53 Å². The van der Waals surface area contributed by atoms with Gasteiger partial charge in [-0.1, -0.05) is 20.8 Å². The Kier molecular flexibility index (Phi) is 6.21. The van der Waals surface area contributed by atoms with E-state index in [4.69, 9.17) is 4.74 Å². The highest BCUT2D eigenvalue weighted by Gasteiger charge is 2.27. The molecule has 0 aliphatic carbocycles. The van der Waals surface area contributed by atoms with Gasteiger partial charge >= 0.3 is 0 Å². The van der Waals surface area contributed by atoms with Crippen LogP contribution in [0.1, 0.15) is 67.2 Å². The molecule has 0 saturated carbocycles. The van der Waals surface area contributed by atoms with Crippen molar-refractivity contribution in [1.82, 2.24) is 4.90 Å². The minimum absolute atomic E-state index is 0.0591. The first-order valence-electron chi connectivity index (χ1n) is 8.01. The van der Waals surface area contributed by atoms with Crippen LogP contribution in [0.4, 0.5) is 0 Å². The summed E-state index contributed by atoms with van der Waals surface area (Å²) < 4.78 is 5.92. The van der Waals surface area contributed by atoms with E-state index in [1.165, 1.54) is 12.8 Å². The van der Waals surface area contributed by atoms with Crippen molar-refractivity contribution >= 4 is 5.78 Å². The molecular weight excluding hydrogens is 250 g/mol. The third-order valence-corrected chi connectivity index (χ3v) is 3.89. The van der Waals surface area contributed by atoms with Gasteiger partial charge in [0, 0.05) is 17.9 Å². The lowest BCUT2D eigenvalue weighted by atomic mass is 9.88. The molecule has 1 aliphatic heterocycles. The van der Waals surface area contributed by atoms with E-state index in [9.17, 15) is 4.79 Å². The van der Waals surface area contributed by atoms with Crippen molar-refractivity contribution in [2.45, 2.75) is 78.9 Å². The highest BCUT2D eigenvalue weighted by Crippen LogP contribution is 2.22. The van der Waals surface area contributed by atoms with Crippen LogP contribution in [0.15, 0.2) is 0 Å². The molecule has 1 aliphatic rings. The first kappa shape index (κ1) is 17.6. The van der Waals surface area contributed by atoms with Gasteiger partial charge in [0.2, 0.25) is 0 Å². The fourth-order valence-electron chi connectivity index (χ4n) is 2.54. The monoisotopic (exact) mass is 283 g/mol. The van der Waals surface area contributed by atoms with E-state index in [-0.39, 0.29) is 11.0 Å². The molecule has 3 nitrogen and oxygen atoms in total. The predicted octanol–water partition coefficient (Wildman–Crippen LogP) is 3.66. The Morgan fingerprint density at radius 3 is 2.40 bits per heavy atom. The first-order valence-corrected chi connectivity index (χ1v) is 8.01. The molecule has 118 valence electrons. The van der Waals surface area contributed by atoms with Crippen LogP contribution in [0.3, 0.4) is 0 Å². The largest absolute Gasteiger partial charge is 0.374 e. The lowest BCUT2D eigenvalue weighted by molar-refractivity contribution is -0.126. The minimum atomic E-state index is -0.195. The lowest BCUT2D eigenvalue weighted by Crippen LogP contribution is -2.37. The summed E-state index contributed by atoms with van der Waals surface area (Å²) in [5.41, 5.74) is -0.254. The Hall–Kier alpha value is -0.410. The second kappa shape index (κ2) is 7.04. The summed E-state index contributed by atoms with van der Waals surface area (Å²) in [7, 11) is 0. The molecule has 1 rings (SSSR count). The highest BCUT2D eigenvalue weighted by atomic mass is 16.5. The van der Waals surface area contributed by atoms with Gasteiger partial charge in [-0.3, -0.25) is 9.69 Å². The normalized spacial score (nSPS) is 21.4. The second-order valence-corrected chi connectivity index (χ2v) is 8.03. The van der Waals surface area contributed by atoms with Crippen molar-refractivity contribution in [3.8, 4) is 0 Å². The summed E-state index contributed by atoms with van der Waals surface area (Å²) in [6.07, 6.45) is 4.16. The second-order valence-electron chi connectivity index (χ2n) is 8.03. The third-order valence-electron chi connectivity index (χ3n) is 3.89. The molecule has 0 aromatic heterocycles. The van der Waals surface area contributed by atoms with Crippen LogP contribution in [0, 0.1) is 5.41 Å². The van der Waals surface area contributed by atoms with E-state index in [2.05, 4.69) is 25.7 Å². The number of ketones is 1. The quantitative estimate of drug-likeness (QED) is 0.745. The van der Waals surface area contributed by atoms with Crippen LogP contribution in [-0.4, -0.2) is 42.0 Å². The smallest absolute Gasteiger partial charge is 0.138 e. The van der Waals surface area contributed by atoms with Crippen LogP contribution < -0.4 is 0 Å². The Balaban J connectivity index is 2.30. The summed E-state index contributed by atoms with van der Waals surface area (Å²) in [4.78, 5) is 14.4. The van der Waals surface area contributed by atoms with E-state index < -0.39 is 0 Å². The zero-order valence-corrected chi connectivity index (χ0v) is 14.3. The Bertz CT molecular complexity index is 312. The van der Waals surface area contributed by atoms with Gasteiger partial charge in [0.25, 0.3) is 0 Å². The third kappa shape index (κ3) is 6.36. The fourth-order valence-corrected chi connectivity index (χ4v) is 2.54. The van der Waals surface area contributed by atoms with Gasteiger partial charge in [0.15, 0.2) is 0 Å². The molecule has 0 amide bonds. The van der Waals surface area contributed by atoms with Crippen molar-refractivity contribution in [3.05, 3.63) is 0 Å². The summed E-state index contributed by atoms with van der Waals surface area (Å²) in [6, 6.07) is 0.541. The van der Waals surface area contributed by atoms with Gasteiger partial charge in [-0.25, -0.2) is 0 Å². The van der Waals surface area contributed by atoms with Crippen molar-refractivity contribution in [1.29, 1.82) is 0 Å². The number of carbonyl (C=O) groups excluding carboxylic acids is 1.